The van der Waals surface area contributed by atoms with E-state index in [2.05, 4.69) is 4.98 Å². The molecule has 4 aromatic rings. The van der Waals surface area contributed by atoms with Gasteiger partial charge in [0.1, 0.15) is 10.6 Å². The molecule has 2 aromatic carbocycles. The number of halogens is 2. The Kier molecular flexibility index (Phi) is 4.74. The van der Waals surface area contributed by atoms with Crippen LogP contribution in [0.25, 0.3) is 21.2 Å². The molecule has 0 bridgehead atoms. The highest BCUT2D eigenvalue weighted by Gasteiger charge is 2.13. The van der Waals surface area contributed by atoms with Gasteiger partial charge >= 0.3 is 5.97 Å². The Balaban J connectivity index is 1.64. The molecule has 0 aliphatic rings. The topological polar surface area (TPSA) is 59.4 Å². The molecule has 7 heteroatoms. The van der Waals surface area contributed by atoms with Gasteiger partial charge in [-0.2, -0.15) is 0 Å². The van der Waals surface area contributed by atoms with E-state index in [0.717, 1.165) is 21.2 Å². The van der Waals surface area contributed by atoms with Crippen molar-refractivity contribution in [1.29, 1.82) is 0 Å². The first-order valence-corrected chi connectivity index (χ1v) is 9.42. The van der Waals surface area contributed by atoms with E-state index in [1.807, 2.05) is 36.4 Å². The van der Waals surface area contributed by atoms with Crippen LogP contribution < -0.4 is 4.74 Å². The molecule has 0 saturated heterocycles. The highest BCUT2D eigenvalue weighted by atomic mass is 35.5. The lowest BCUT2D eigenvalue weighted by Crippen LogP contribution is -1.90. The SMILES string of the molecule is O=C(O)c1cc2c(Oc3ccc(-c4cc(Cl)cc(Cl)c4)cc3)cncc2s1. The number of nitrogens with zero attached hydrogens (tertiary/aromatic N) is 1. The third-order valence-electron chi connectivity index (χ3n) is 3.90. The monoisotopic (exact) mass is 415 g/mol. The number of pyridine rings is 1. The van der Waals surface area contributed by atoms with E-state index in [1.165, 1.54) is 11.3 Å². The highest BCUT2D eigenvalue weighted by Crippen LogP contribution is 2.35. The molecule has 134 valence electrons. The number of ether oxygens (including phenoxy) is 1. The fourth-order valence-corrected chi connectivity index (χ4v) is 4.10. The third kappa shape index (κ3) is 3.76. The summed E-state index contributed by atoms with van der Waals surface area (Å²) in [6.45, 7) is 0. The van der Waals surface area contributed by atoms with Crippen LogP contribution in [0.1, 0.15) is 9.67 Å². The van der Waals surface area contributed by atoms with Crippen LogP contribution in [0.4, 0.5) is 0 Å². The first-order valence-electron chi connectivity index (χ1n) is 7.85. The maximum atomic E-state index is 11.2. The molecule has 2 aromatic heterocycles. The van der Waals surface area contributed by atoms with Gasteiger partial charge in [0, 0.05) is 21.6 Å². The summed E-state index contributed by atoms with van der Waals surface area (Å²) in [6, 6.07) is 14.4. The quantitative estimate of drug-likeness (QED) is 0.399. The van der Waals surface area contributed by atoms with Crippen LogP contribution in [0.3, 0.4) is 0 Å². The first kappa shape index (κ1) is 17.8. The molecule has 0 atom stereocenters. The van der Waals surface area contributed by atoms with Gasteiger partial charge in [-0.3, -0.25) is 4.98 Å². The maximum absolute atomic E-state index is 11.2. The Morgan fingerprint density at radius 2 is 1.67 bits per heavy atom. The van der Waals surface area contributed by atoms with Crippen molar-refractivity contribution in [2.24, 2.45) is 0 Å². The van der Waals surface area contributed by atoms with Crippen molar-refractivity contribution in [2.75, 3.05) is 0 Å². The third-order valence-corrected chi connectivity index (χ3v) is 5.39. The average molecular weight is 416 g/mol. The Morgan fingerprint density at radius 1 is 0.963 bits per heavy atom. The lowest BCUT2D eigenvalue weighted by molar-refractivity contribution is 0.0702. The van der Waals surface area contributed by atoms with Crippen molar-refractivity contribution >= 4 is 50.6 Å². The fraction of sp³-hybridized carbons (Fsp3) is 0. The zero-order chi connectivity index (χ0) is 19.0. The molecule has 27 heavy (non-hydrogen) atoms. The molecule has 0 unspecified atom stereocenters. The van der Waals surface area contributed by atoms with Crippen LogP contribution in [-0.4, -0.2) is 16.1 Å². The number of hydrogen-bond acceptors (Lipinski definition) is 4. The van der Waals surface area contributed by atoms with Crippen molar-refractivity contribution in [3.05, 3.63) is 75.8 Å². The van der Waals surface area contributed by atoms with Gasteiger partial charge in [-0.05, 0) is 47.5 Å². The minimum Gasteiger partial charge on any atom is -0.477 e. The molecule has 0 aliphatic heterocycles. The van der Waals surface area contributed by atoms with E-state index in [0.29, 0.717) is 21.5 Å². The van der Waals surface area contributed by atoms with E-state index in [4.69, 9.17) is 27.9 Å². The number of fused-ring (bicyclic) bond motifs is 1. The normalized spacial score (nSPS) is 10.9. The molecule has 4 nitrogen and oxygen atoms in total. The molecule has 0 saturated carbocycles. The van der Waals surface area contributed by atoms with Gasteiger partial charge in [0.25, 0.3) is 0 Å². The maximum Gasteiger partial charge on any atom is 0.345 e. The van der Waals surface area contributed by atoms with Gasteiger partial charge in [-0.25, -0.2) is 4.79 Å². The zero-order valence-electron chi connectivity index (χ0n) is 13.6. The standard InChI is InChI=1S/C20H11Cl2NO3S/c21-13-5-12(6-14(22)7-13)11-1-3-15(4-2-11)26-17-9-23-10-19-16(17)8-18(27-19)20(24)25/h1-10H,(H,24,25). The number of hydrogen-bond donors (Lipinski definition) is 1. The van der Waals surface area contributed by atoms with Crippen molar-refractivity contribution in [3.8, 4) is 22.6 Å². The zero-order valence-corrected chi connectivity index (χ0v) is 16.0. The van der Waals surface area contributed by atoms with Gasteiger partial charge in [0.2, 0.25) is 0 Å². The Labute approximate surface area is 168 Å². The number of carboxylic acid groups (broad SMARTS) is 1. The number of aromatic nitrogens is 1. The molecule has 0 amide bonds. The molecule has 0 radical (unpaired) electrons. The van der Waals surface area contributed by atoms with Crippen LogP contribution in [0.15, 0.2) is 60.9 Å². The van der Waals surface area contributed by atoms with E-state index < -0.39 is 5.97 Å². The van der Waals surface area contributed by atoms with Gasteiger partial charge in [-0.1, -0.05) is 35.3 Å². The van der Waals surface area contributed by atoms with Gasteiger partial charge in [0.15, 0.2) is 5.75 Å². The Hall–Kier alpha value is -2.60. The van der Waals surface area contributed by atoms with E-state index in [-0.39, 0.29) is 4.88 Å². The molecule has 2 heterocycles. The summed E-state index contributed by atoms with van der Waals surface area (Å²) in [5.74, 6) is 0.158. The second-order valence-corrected chi connectivity index (χ2v) is 7.71. The average Bonchev–Trinajstić information content (AvgIpc) is 3.07. The van der Waals surface area contributed by atoms with Crippen molar-refractivity contribution in [3.63, 3.8) is 0 Å². The van der Waals surface area contributed by atoms with E-state index >= 15 is 0 Å². The highest BCUT2D eigenvalue weighted by molar-refractivity contribution is 7.20. The predicted molar refractivity (Wildman–Crippen MR) is 109 cm³/mol. The number of carbonyl (C=O) groups is 1. The second-order valence-electron chi connectivity index (χ2n) is 5.75. The summed E-state index contributed by atoms with van der Waals surface area (Å²) in [5, 5.41) is 11.0. The Bertz CT molecular complexity index is 1140. The van der Waals surface area contributed by atoms with Crippen LogP contribution in [0.5, 0.6) is 11.5 Å². The van der Waals surface area contributed by atoms with Gasteiger partial charge < -0.3 is 9.84 Å². The smallest absolute Gasteiger partial charge is 0.345 e. The van der Waals surface area contributed by atoms with Crippen molar-refractivity contribution in [1.82, 2.24) is 4.98 Å². The minimum absolute atomic E-state index is 0.246. The fourth-order valence-electron chi connectivity index (χ4n) is 2.69. The Morgan fingerprint density at radius 3 is 2.33 bits per heavy atom. The van der Waals surface area contributed by atoms with Crippen LogP contribution in [-0.2, 0) is 0 Å². The number of benzene rings is 2. The molecule has 4 rings (SSSR count). The summed E-state index contributed by atoms with van der Waals surface area (Å²) in [5.41, 5.74) is 1.86. The molecule has 0 spiro atoms. The number of rotatable bonds is 4. The number of carboxylic acids is 1. The summed E-state index contributed by atoms with van der Waals surface area (Å²) < 4.78 is 6.68. The molecule has 1 N–H and O–H groups in total. The van der Waals surface area contributed by atoms with Crippen molar-refractivity contribution < 1.29 is 14.6 Å². The van der Waals surface area contributed by atoms with Gasteiger partial charge in [0.05, 0.1) is 10.9 Å². The van der Waals surface area contributed by atoms with Crippen LogP contribution >= 0.6 is 34.5 Å². The lowest BCUT2D eigenvalue weighted by Gasteiger charge is -2.08. The summed E-state index contributed by atoms with van der Waals surface area (Å²) >= 11 is 13.3. The minimum atomic E-state index is -0.966. The summed E-state index contributed by atoms with van der Waals surface area (Å²) in [7, 11) is 0. The van der Waals surface area contributed by atoms with E-state index in [9.17, 15) is 9.90 Å². The van der Waals surface area contributed by atoms with Crippen LogP contribution in [0.2, 0.25) is 10.0 Å². The predicted octanol–water partition coefficient (Wildman–Crippen LogP) is 6.76. The van der Waals surface area contributed by atoms with Crippen molar-refractivity contribution in [2.45, 2.75) is 0 Å². The first-order chi connectivity index (χ1) is 13.0. The molecular formula is C20H11Cl2NO3S. The molecule has 0 fully saturated rings. The largest absolute Gasteiger partial charge is 0.477 e. The molecule has 0 aliphatic carbocycles. The summed E-state index contributed by atoms with van der Waals surface area (Å²) in [6.07, 6.45) is 3.20. The van der Waals surface area contributed by atoms with Crippen LogP contribution in [0, 0.1) is 0 Å². The van der Waals surface area contributed by atoms with E-state index in [1.54, 1.807) is 24.5 Å². The molecular weight excluding hydrogens is 405 g/mol. The lowest BCUT2D eigenvalue weighted by atomic mass is 10.1. The number of thiophene rings is 1. The van der Waals surface area contributed by atoms with Gasteiger partial charge in [-0.15, -0.1) is 11.3 Å². The second kappa shape index (κ2) is 7.19. The summed E-state index contributed by atoms with van der Waals surface area (Å²) in [4.78, 5) is 15.6. The number of aromatic carboxylic acids is 1.